The molecule has 1 heterocycles. The van der Waals surface area contributed by atoms with Crippen LogP contribution in [0.15, 0.2) is 53.5 Å². The first kappa shape index (κ1) is 25.7. The highest BCUT2D eigenvalue weighted by Gasteiger charge is 2.27. The molecule has 2 aromatic carbocycles. The minimum absolute atomic E-state index is 0.0286. The van der Waals surface area contributed by atoms with E-state index in [9.17, 15) is 14.4 Å². The molecule has 0 aliphatic carbocycles. The van der Waals surface area contributed by atoms with E-state index >= 15 is 0 Å². The number of carbonyl (C=O) groups excluding carboxylic acids is 3. The SMILES string of the molecule is CC(N=Cc1cc(NC(=O)OC(C)(C)C)ccc1N)C(=O)N1CCN(C(=O)c2ccccc2)CC1. The molecule has 186 valence electrons. The molecule has 1 atom stereocenters. The van der Waals surface area contributed by atoms with Crippen molar-refractivity contribution in [2.24, 2.45) is 4.99 Å². The van der Waals surface area contributed by atoms with E-state index in [1.54, 1.807) is 67.8 Å². The summed E-state index contributed by atoms with van der Waals surface area (Å²) in [5.41, 5.74) is 7.64. The summed E-state index contributed by atoms with van der Waals surface area (Å²) < 4.78 is 5.27. The fraction of sp³-hybridized carbons (Fsp3) is 0.385. The van der Waals surface area contributed by atoms with Crippen molar-refractivity contribution in [3.8, 4) is 0 Å². The van der Waals surface area contributed by atoms with Crippen LogP contribution in [-0.4, -0.2) is 71.7 Å². The van der Waals surface area contributed by atoms with Crippen molar-refractivity contribution >= 4 is 35.5 Å². The van der Waals surface area contributed by atoms with Crippen LogP contribution in [0.1, 0.15) is 43.6 Å². The quantitative estimate of drug-likeness (QED) is 0.503. The molecule has 0 bridgehead atoms. The third kappa shape index (κ3) is 7.30. The number of rotatable bonds is 5. The molecule has 9 nitrogen and oxygen atoms in total. The monoisotopic (exact) mass is 479 g/mol. The number of piperazine rings is 1. The standard InChI is InChI=1S/C26H33N5O4/c1-18(23(32)30-12-14-31(15-13-30)24(33)19-8-6-5-7-9-19)28-17-20-16-21(10-11-22(20)27)29-25(34)35-26(2,3)4/h5-11,16-18H,12-15,27H2,1-4H3,(H,29,34). The molecule has 0 radical (unpaired) electrons. The number of nitrogen functional groups attached to an aromatic ring is 1. The number of anilines is 2. The van der Waals surface area contributed by atoms with E-state index in [-0.39, 0.29) is 11.8 Å². The van der Waals surface area contributed by atoms with Crippen LogP contribution < -0.4 is 11.1 Å². The number of nitrogens with two attached hydrogens (primary N) is 1. The van der Waals surface area contributed by atoms with E-state index < -0.39 is 17.7 Å². The molecular weight excluding hydrogens is 446 g/mol. The number of benzene rings is 2. The number of nitrogens with zero attached hydrogens (tertiary/aromatic N) is 3. The molecule has 35 heavy (non-hydrogen) atoms. The molecule has 1 fully saturated rings. The first-order valence-electron chi connectivity index (χ1n) is 11.6. The lowest BCUT2D eigenvalue weighted by molar-refractivity contribution is -0.133. The first-order chi connectivity index (χ1) is 16.5. The molecule has 2 aromatic rings. The number of amides is 3. The lowest BCUT2D eigenvalue weighted by atomic mass is 10.1. The van der Waals surface area contributed by atoms with Crippen molar-refractivity contribution in [3.05, 3.63) is 59.7 Å². The van der Waals surface area contributed by atoms with Gasteiger partial charge >= 0.3 is 6.09 Å². The zero-order valence-corrected chi connectivity index (χ0v) is 20.7. The summed E-state index contributed by atoms with van der Waals surface area (Å²) in [6, 6.07) is 13.5. The number of hydrogen-bond donors (Lipinski definition) is 2. The Labute approximate surface area is 205 Å². The molecule has 0 saturated carbocycles. The molecule has 3 N–H and O–H groups in total. The van der Waals surface area contributed by atoms with Gasteiger partial charge in [-0.1, -0.05) is 18.2 Å². The van der Waals surface area contributed by atoms with Crippen LogP contribution in [0.5, 0.6) is 0 Å². The van der Waals surface area contributed by atoms with Gasteiger partial charge < -0.3 is 20.3 Å². The van der Waals surface area contributed by atoms with Crippen molar-refractivity contribution in [3.63, 3.8) is 0 Å². The molecule has 1 aliphatic rings. The van der Waals surface area contributed by atoms with Crippen molar-refractivity contribution in [1.82, 2.24) is 9.80 Å². The number of carbonyl (C=O) groups is 3. The van der Waals surface area contributed by atoms with Crippen LogP contribution in [0.25, 0.3) is 0 Å². The van der Waals surface area contributed by atoms with Gasteiger partial charge in [-0.05, 0) is 58.0 Å². The lowest BCUT2D eigenvalue weighted by Gasteiger charge is -2.35. The summed E-state index contributed by atoms with van der Waals surface area (Å²) in [5, 5.41) is 2.67. The predicted octanol–water partition coefficient (Wildman–Crippen LogP) is 3.41. The Morgan fingerprint density at radius 2 is 1.66 bits per heavy atom. The second kappa shape index (κ2) is 11.0. The average Bonchev–Trinajstić information content (AvgIpc) is 2.82. The Kier molecular flexibility index (Phi) is 8.11. The molecule has 1 saturated heterocycles. The zero-order valence-electron chi connectivity index (χ0n) is 20.7. The molecule has 0 aromatic heterocycles. The first-order valence-corrected chi connectivity index (χ1v) is 11.6. The maximum atomic E-state index is 12.9. The second-order valence-corrected chi connectivity index (χ2v) is 9.41. The van der Waals surface area contributed by atoms with Gasteiger partial charge in [0.25, 0.3) is 5.91 Å². The predicted molar refractivity (Wildman–Crippen MR) is 137 cm³/mol. The minimum Gasteiger partial charge on any atom is -0.444 e. The molecule has 9 heteroatoms. The van der Waals surface area contributed by atoms with Crippen molar-refractivity contribution in [1.29, 1.82) is 0 Å². The Morgan fingerprint density at radius 1 is 1.03 bits per heavy atom. The van der Waals surface area contributed by atoms with Crippen LogP contribution in [0.3, 0.4) is 0 Å². The van der Waals surface area contributed by atoms with Crippen molar-refractivity contribution < 1.29 is 19.1 Å². The fourth-order valence-corrected chi connectivity index (χ4v) is 3.60. The summed E-state index contributed by atoms with van der Waals surface area (Å²) >= 11 is 0. The number of nitrogens with one attached hydrogen (secondary N) is 1. The average molecular weight is 480 g/mol. The van der Waals surface area contributed by atoms with Crippen molar-refractivity contribution in [2.75, 3.05) is 37.2 Å². The normalized spacial score (nSPS) is 15.1. The third-order valence-electron chi connectivity index (χ3n) is 5.43. The summed E-state index contributed by atoms with van der Waals surface area (Å²) in [4.78, 5) is 45.4. The molecule has 3 amide bonds. The Hall–Kier alpha value is -3.88. The van der Waals surface area contributed by atoms with Gasteiger partial charge in [0.1, 0.15) is 11.6 Å². The van der Waals surface area contributed by atoms with E-state index in [0.717, 1.165) is 0 Å². The van der Waals surface area contributed by atoms with E-state index in [0.29, 0.717) is 48.7 Å². The zero-order chi connectivity index (χ0) is 25.6. The highest BCUT2D eigenvalue weighted by atomic mass is 16.6. The largest absolute Gasteiger partial charge is 0.444 e. The topological polar surface area (TPSA) is 117 Å². The third-order valence-corrected chi connectivity index (χ3v) is 5.43. The second-order valence-electron chi connectivity index (χ2n) is 9.41. The summed E-state index contributed by atoms with van der Waals surface area (Å²) in [7, 11) is 0. The van der Waals surface area contributed by atoms with Gasteiger partial charge in [0, 0.05) is 54.9 Å². The summed E-state index contributed by atoms with van der Waals surface area (Å²) in [6.07, 6.45) is 0.964. The number of ether oxygens (including phenoxy) is 1. The van der Waals surface area contributed by atoms with Gasteiger partial charge in [-0.25, -0.2) is 4.79 Å². The lowest BCUT2D eigenvalue weighted by Crippen LogP contribution is -2.52. The van der Waals surface area contributed by atoms with Crippen LogP contribution in [-0.2, 0) is 9.53 Å². The highest BCUT2D eigenvalue weighted by Crippen LogP contribution is 2.18. The van der Waals surface area contributed by atoms with Gasteiger partial charge in [0.2, 0.25) is 5.91 Å². The van der Waals surface area contributed by atoms with Gasteiger partial charge in [0.15, 0.2) is 0 Å². The van der Waals surface area contributed by atoms with E-state index in [4.69, 9.17) is 10.5 Å². The maximum Gasteiger partial charge on any atom is 0.412 e. The van der Waals surface area contributed by atoms with Crippen LogP contribution >= 0.6 is 0 Å². The van der Waals surface area contributed by atoms with Crippen LogP contribution in [0, 0.1) is 0 Å². The Morgan fingerprint density at radius 3 is 2.29 bits per heavy atom. The molecule has 3 rings (SSSR count). The number of hydrogen-bond acceptors (Lipinski definition) is 6. The van der Waals surface area contributed by atoms with Gasteiger partial charge in [-0.3, -0.25) is 19.9 Å². The summed E-state index contributed by atoms with van der Waals surface area (Å²) in [5.74, 6) is -0.145. The Bertz CT molecular complexity index is 1090. The summed E-state index contributed by atoms with van der Waals surface area (Å²) in [6.45, 7) is 8.93. The van der Waals surface area contributed by atoms with E-state index in [1.165, 1.54) is 6.21 Å². The molecule has 0 spiro atoms. The van der Waals surface area contributed by atoms with E-state index in [2.05, 4.69) is 10.3 Å². The maximum absolute atomic E-state index is 12.9. The molecule has 1 aliphatic heterocycles. The van der Waals surface area contributed by atoms with Crippen LogP contribution in [0.2, 0.25) is 0 Å². The van der Waals surface area contributed by atoms with Crippen LogP contribution in [0.4, 0.5) is 16.2 Å². The van der Waals surface area contributed by atoms with Gasteiger partial charge in [0.05, 0.1) is 0 Å². The Balaban J connectivity index is 1.57. The van der Waals surface area contributed by atoms with Crippen molar-refractivity contribution in [2.45, 2.75) is 39.3 Å². The van der Waals surface area contributed by atoms with E-state index in [1.807, 2.05) is 18.2 Å². The smallest absolute Gasteiger partial charge is 0.412 e. The molecule has 1 unspecified atom stereocenters. The minimum atomic E-state index is -0.617. The molecular formula is C26H33N5O4. The fourth-order valence-electron chi connectivity index (χ4n) is 3.60. The van der Waals surface area contributed by atoms with Gasteiger partial charge in [-0.15, -0.1) is 0 Å². The highest BCUT2D eigenvalue weighted by molar-refractivity contribution is 5.95. The van der Waals surface area contributed by atoms with Gasteiger partial charge in [-0.2, -0.15) is 0 Å². The number of aliphatic imine (C=N–C) groups is 1.